The number of rotatable bonds is 5. The standard InChI is InChI=1S/C21H20ClN5/c1-13-5-18-17(12-27-21(18)24-8-13)7-16-6-14(2)20(26-11-16)25-10-15-3-4-19(22)23-9-15/h3-6,8-9,11-12H,7,10H2,1-2H3,(H,24,27)(H,25,26). The van der Waals surface area contributed by atoms with Gasteiger partial charge in [-0.1, -0.05) is 23.7 Å². The second-order valence-electron chi connectivity index (χ2n) is 6.75. The minimum Gasteiger partial charge on any atom is -0.366 e. The molecule has 0 saturated carbocycles. The molecule has 0 aliphatic rings. The molecule has 5 nitrogen and oxygen atoms in total. The number of aryl methyl sites for hydroxylation is 2. The van der Waals surface area contributed by atoms with Gasteiger partial charge >= 0.3 is 0 Å². The molecule has 0 saturated heterocycles. The molecule has 0 bridgehead atoms. The van der Waals surface area contributed by atoms with Crippen molar-refractivity contribution in [2.45, 2.75) is 26.8 Å². The van der Waals surface area contributed by atoms with Crippen molar-refractivity contribution >= 4 is 28.5 Å². The summed E-state index contributed by atoms with van der Waals surface area (Å²) in [6, 6.07) is 8.10. The van der Waals surface area contributed by atoms with E-state index >= 15 is 0 Å². The topological polar surface area (TPSA) is 66.5 Å². The Morgan fingerprint density at radius 3 is 2.63 bits per heavy atom. The quantitative estimate of drug-likeness (QED) is 0.489. The number of fused-ring (bicyclic) bond motifs is 1. The van der Waals surface area contributed by atoms with Crippen molar-refractivity contribution < 1.29 is 0 Å². The Hall–Kier alpha value is -2.92. The van der Waals surface area contributed by atoms with Gasteiger partial charge in [0.25, 0.3) is 0 Å². The molecule has 0 atom stereocenters. The summed E-state index contributed by atoms with van der Waals surface area (Å²) < 4.78 is 0. The van der Waals surface area contributed by atoms with E-state index in [2.05, 4.69) is 51.2 Å². The number of aromatic nitrogens is 4. The molecule has 6 heteroatoms. The van der Waals surface area contributed by atoms with E-state index in [0.717, 1.165) is 34.6 Å². The number of pyridine rings is 3. The van der Waals surface area contributed by atoms with Gasteiger partial charge in [-0.2, -0.15) is 0 Å². The molecule has 4 heterocycles. The molecule has 4 aromatic heterocycles. The zero-order chi connectivity index (χ0) is 18.8. The summed E-state index contributed by atoms with van der Waals surface area (Å²) >= 11 is 5.82. The van der Waals surface area contributed by atoms with E-state index in [0.29, 0.717) is 11.7 Å². The van der Waals surface area contributed by atoms with E-state index in [4.69, 9.17) is 11.6 Å². The largest absolute Gasteiger partial charge is 0.366 e. The first-order valence-electron chi connectivity index (χ1n) is 8.81. The van der Waals surface area contributed by atoms with Gasteiger partial charge in [0.1, 0.15) is 16.6 Å². The van der Waals surface area contributed by atoms with E-state index in [1.807, 2.05) is 24.7 Å². The minimum atomic E-state index is 0.500. The molecular weight excluding hydrogens is 358 g/mol. The fourth-order valence-corrected chi connectivity index (χ4v) is 3.25. The van der Waals surface area contributed by atoms with Crippen LogP contribution in [0.15, 0.2) is 49.1 Å². The molecule has 4 rings (SSSR count). The average Bonchev–Trinajstić information content (AvgIpc) is 3.04. The molecule has 27 heavy (non-hydrogen) atoms. The Morgan fingerprint density at radius 1 is 1.00 bits per heavy atom. The zero-order valence-corrected chi connectivity index (χ0v) is 16.0. The third kappa shape index (κ3) is 3.93. The van der Waals surface area contributed by atoms with Crippen LogP contribution in [0.1, 0.15) is 27.8 Å². The van der Waals surface area contributed by atoms with Gasteiger partial charge in [-0.15, -0.1) is 0 Å². The number of aromatic amines is 1. The zero-order valence-electron chi connectivity index (χ0n) is 15.3. The highest BCUT2D eigenvalue weighted by atomic mass is 35.5. The molecule has 0 aromatic carbocycles. The van der Waals surface area contributed by atoms with Gasteiger partial charge in [0.2, 0.25) is 0 Å². The third-order valence-corrected chi connectivity index (χ3v) is 4.76. The molecule has 136 valence electrons. The number of halogens is 1. The fraction of sp³-hybridized carbons (Fsp3) is 0.190. The maximum Gasteiger partial charge on any atom is 0.137 e. The maximum absolute atomic E-state index is 5.82. The molecule has 4 aromatic rings. The molecule has 0 radical (unpaired) electrons. The second kappa shape index (κ2) is 7.37. The van der Waals surface area contributed by atoms with Crippen LogP contribution in [0.3, 0.4) is 0 Å². The summed E-state index contributed by atoms with van der Waals surface area (Å²) in [6.45, 7) is 4.79. The minimum absolute atomic E-state index is 0.500. The van der Waals surface area contributed by atoms with Crippen LogP contribution in [0.4, 0.5) is 5.82 Å². The van der Waals surface area contributed by atoms with Gasteiger partial charge < -0.3 is 10.3 Å². The van der Waals surface area contributed by atoms with Crippen molar-refractivity contribution in [1.82, 2.24) is 19.9 Å². The van der Waals surface area contributed by atoms with Crippen LogP contribution in [0.5, 0.6) is 0 Å². The number of H-pyrrole nitrogens is 1. The lowest BCUT2D eigenvalue weighted by atomic mass is 10.0. The Morgan fingerprint density at radius 2 is 1.85 bits per heavy atom. The summed E-state index contributed by atoms with van der Waals surface area (Å²) in [5.41, 5.74) is 6.67. The highest BCUT2D eigenvalue weighted by molar-refractivity contribution is 6.29. The van der Waals surface area contributed by atoms with Crippen LogP contribution in [-0.4, -0.2) is 19.9 Å². The van der Waals surface area contributed by atoms with Crippen LogP contribution in [-0.2, 0) is 13.0 Å². The average molecular weight is 378 g/mol. The lowest BCUT2D eigenvalue weighted by Crippen LogP contribution is -2.04. The van der Waals surface area contributed by atoms with Crippen LogP contribution in [0, 0.1) is 13.8 Å². The van der Waals surface area contributed by atoms with Crippen LogP contribution in [0.25, 0.3) is 11.0 Å². The van der Waals surface area contributed by atoms with Crippen molar-refractivity contribution in [2.75, 3.05) is 5.32 Å². The molecular formula is C21H20ClN5. The van der Waals surface area contributed by atoms with Gasteiger partial charge in [0.05, 0.1) is 0 Å². The van der Waals surface area contributed by atoms with Gasteiger partial charge in [0, 0.05) is 43.1 Å². The Labute approximate surface area is 162 Å². The normalized spacial score (nSPS) is 11.1. The monoisotopic (exact) mass is 377 g/mol. The van der Waals surface area contributed by atoms with Crippen LogP contribution < -0.4 is 5.32 Å². The second-order valence-corrected chi connectivity index (χ2v) is 7.14. The van der Waals surface area contributed by atoms with Crippen molar-refractivity contribution in [2.24, 2.45) is 0 Å². The van der Waals surface area contributed by atoms with Gasteiger partial charge in [-0.05, 0) is 53.8 Å². The van der Waals surface area contributed by atoms with E-state index in [1.165, 1.54) is 16.5 Å². The van der Waals surface area contributed by atoms with E-state index in [9.17, 15) is 0 Å². The number of hydrogen-bond acceptors (Lipinski definition) is 4. The molecule has 0 amide bonds. The van der Waals surface area contributed by atoms with E-state index in [-0.39, 0.29) is 0 Å². The number of hydrogen-bond donors (Lipinski definition) is 2. The van der Waals surface area contributed by atoms with Crippen molar-refractivity contribution in [3.05, 3.63) is 82.0 Å². The number of nitrogens with zero attached hydrogens (tertiary/aromatic N) is 3. The van der Waals surface area contributed by atoms with Crippen molar-refractivity contribution in [1.29, 1.82) is 0 Å². The Bertz CT molecular complexity index is 1090. The first kappa shape index (κ1) is 17.5. The smallest absolute Gasteiger partial charge is 0.137 e. The molecule has 0 aliphatic carbocycles. The van der Waals surface area contributed by atoms with Crippen molar-refractivity contribution in [3.63, 3.8) is 0 Å². The highest BCUT2D eigenvalue weighted by Gasteiger charge is 2.08. The predicted molar refractivity (Wildman–Crippen MR) is 109 cm³/mol. The van der Waals surface area contributed by atoms with Crippen LogP contribution in [0.2, 0.25) is 5.15 Å². The molecule has 2 N–H and O–H groups in total. The summed E-state index contributed by atoms with van der Waals surface area (Å²) in [4.78, 5) is 16.4. The van der Waals surface area contributed by atoms with Gasteiger partial charge in [-0.25, -0.2) is 15.0 Å². The van der Waals surface area contributed by atoms with Crippen molar-refractivity contribution in [3.8, 4) is 0 Å². The highest BCUT2D eigenvalue weighted by Crippen LogP contribution is 2.22. The Balaban J connectivity index is 1.49. The van der Waals surface area contributed by atoms with Crippen LogP contribution >= 0.6 is 11.6 Å². The number of nitrogens with one attached hydrogen (secondary N) is 2. The fourth-order valence-electron chi connectivity index (χ4n) is 3.14. The van der Waals surface area contributed by atoms with E-state index < -0.39 is 0 Å². The van der Waals surface area contributed by atoms with E-state index in [1.54, 1.807) is 12.3 Å². The maximum atomic E-state index is 5.82. The molecule has 0 fully saturated rings. The summed E-state index contributed by atoms with van der Waals surface area (Å²) in [5, 5.41) is 5.03. The predicted octanol–water partition coefficient (Wildman–Crippen LogP) is 4.83. The molecule has 0 aliphatic heterocycles. The summed E-state index contributed by atoms with van der Waals surface area (Å²) in [6.07, 6.45) is 8.43. The lowest BCUT2D eigenvalue weighted by Gasteiger charge is -2.10. The molecule has 0 unspecified atom stereocenters. The number of anilines is 1. The van der Waals surface area contributed by atoms with Gasteiger partial charge in [-0.3, -0.25) is 0 Å². The SMILES string of the molecule is Cc1cnc2[nH]cc(Cc3cnc(NCc4ccc(Cl)nc4)c(C)c3)c2c1. The first-order valence-corrected chi connectivity index (χ1v) is 9.19. The summed E-state index contributed by atoms with van der Waals surface area (Å²) in [5.74, 6) is 0.880. The third-order valence-electron chi connectivity index (χ3n) is 4.53. The van der Waals surface area contributed by atoms with Gasteiger partial charge in [0.15, 0.2) is 0 Å². The lowest BCUT2D eigenvalue weighted by molar-refractivity contribution is 1.06. The Kier molecular flexibility index (Phi) is 4.77. The first-order chi connectivity index (χ1) is 13.1. The summed E-state index contributed by atoms with van der Waals surface area (Å²) in [7, 11) is 0. The molecule has 0 spiro atoms.